The van der Waals surface area contributed by atoms with Crippen molar-refractivity contribution in [2.75, 3.05) is 53.4 Å². The van der Waals surface area contributed by atoms with Gasteiger partial charge < -0.3 is 19.4 Å². The third-order valence-electron chi connectivity index (χ3n) is 5.71. The molecule has 2 atom stereocenters. The summed E-state index contributed by atoms with van der Waals surface area (Å²) in [5.41, 5.74) is -0.484. The zero-order chi connectivity index (χ0) is 21.1. The minimum Gasteiger partial charge on any atom is -0.444 e. The Bertz CT molecular complexity index is 526. The van der Waals surface area contributed by atoms with Crippen LogP contribution in [0.25, 0.3) is 0 Å². The Kier molecular flexibility index (Phi) is 7.73. The van der Waals surface area contributed by atoms with Gasteiger partial charge in [-0.25, -0.2) is 4.79 Å². The number of amides is 2. The number of rotatable bonds is 4. The lowest BCUT2D eigenvalue weighted by Crippen LogP contribution is -2.60. The molecule has 0 aromatic heterocycles. The summed E-state index contributed by atoms with van der Waals surface area (Å²) in [6.45, 7) is 14.9. The van der Waals surface area contributed by atoms with Gasteiger partial charge in [-0.05, 0) is 61.6 Å². The minimum atomic E-state index is -0.484. The Morgan fingerprint density at radius 2 is 1.54 bits per heavy atom. The zero-order valence-electron chi connectivity index (χ0n) is 18.9. The van der Waals surface area contributed by atoms with Gasteiger partial charge in [-0.1, -0.05) is 0 Å². The Morgan fingerprint density at radius 1 is 1.00 bits per heavy atom. The number of carbonyl (C=O) groups is 2. The van der Waals surface area contributed by atoms with Crippen LogP contribution < -0.4 is 0 Å². The summed E-state index contributed by atoms with van der Waals surface area (Å²) in [6, 6.07) is 0.740. The Balaban J connectivity index is 1.84. The number of piperazine rings is 1. The molecule has 2 aliphatic heterocycles. The van der Waals surface area contributed by atoms with Gasteiger partial charge in [-0.15, -0.1) is 0 Å². The first-order valence-corrected chi connectivity index (χ1v) is 10.6. The number of carbonyl (C=O) groups excluding carboxylic acids is 2. The van der Waals surface area contributed by atoms with Crippen molar-refractivity contribution in [1.29, 1.82) is 0 Å². The molecule has 0 radical (unpaired) electrons. The first kappa shape index (κ1) is 22.9. The van der Waals surface area contributed by atoms with Gasteiger partial charge in [0.05, 0.1) is 0 Å². The second-order valence-corrected chi connectivity index (χ2v) is 9.72. The van der Waals surface area contributed by atoms with Gasteiger partial charge in [0, 0.05) is 57.3 Å². The standard InChI is InChI=1S/C21H40N4O3/c1-16-14-24(15-17(2)25(16)13-12-22(6)7)19(26)18-8-10-23(11-9-18)20(27)28-21(3,4)5/h16-18H,8-15H2,1-7H3. The van der Waals surface area contributed by atoms with E-state index in [1.807, 2.05) is 20.8 Å². The molecule has 0 N–H and O–H groups in total. The molecule has 0 bridgehead atoms. The fourth-order valence-electron chi connectivity index (χ4n) is 4.19. The molecule has 0 aromatic carbocycles. The maximum Gasteiger partial charge on any atom is 0.410 e. The second kappa shape index (κ2) is 9.44. The highest BCUT2D eigenvalue weighted by atomic mass is 16.6. The molecule has 0 aromatic rings. The van der Waals surface area contributed by atoms with Crippen molar-refractivity contribution in [3.8, 4) is 0 Å². The van der Waals surface area contributed by atoms with Crippen LogP contribution in [-0.2, 0) is 9.53 Å². The monoisotopic (exact) mass is 396 g/mol. The normalized spacial score (nSPS) is 25.3. The predicted molar refractivity (Wildman–Crippen MR) is 111 cm³/mol. The molecule has 2 saturated heterocycles. The van der Waals surface area contributed by atoms with Crippen molar-refractivity contribution in [2.45, 2.75) is 65.1 Å². The topological polar surface area (TPSA) is 56.3 Å². The molecular formula is C21H40N4O3. The first-order valence-electron chi connectivity index (χ1n) is 10.6. The number of likely N-dealkylation sites (N-methyl/N-ethyl adjacent to an activating group) is 1. The number of piperidine rings is 1. The molecule has 0 aliphatic carbocycles. The molecule has 0 spiro atoms. The summed E-state index contributed by atoms with van der Waals surface area (Å²) in [7, 11) is 4.19. The van der Waals surface area contributed by atoms with Crippen molar-refractivity contribution in [2.24, 2.45) is 5.92 Å². The molecule has 2 aliphatic rings. The van der Waals surface area contributed by atoms with Gasteiger partial charge in [-0.2, -0.15) is 0 Å². The highest BCUT2D eigenvalue weighted by molar-refractivity contribution is 5.79. The average Bonchev–Trinajstić information content (AvgIpc) is 2.58. The van der Waals surface area contributed by atoms with Crippen LogP contribution in [0.5, 0.6) is 0 Å². The molecule has 0 saturated carbocycles. The summed E-state index contributed by atoms with van der Waals surface area (Å²) in [5.74, 6) is 0.279. The maximum absolute atomic E-state index is 13.1. The third kappa shape index (κ3) is 6.34. The van der Waals surface area contributed by atoms with Crippen molar-refractivity contribution in [3.63, 3.8) is 0 Å². The van der Waals surface area contributed by atoms with E-state index in [0.29, 0.717) is 25.2 Å². The number of ether oxygens (including phenoxy) is 1. The summed E-state index contributed by atoms with van der Waals surface area (Å²) in [4.78, 5) is 33.8. The van der Waals surface area contributed by atoms with E-state index in [-0.39, 0.29) is 17.9 Å². The molecule has 2 amide bonds. The van der Waals surface area contributed by atoms with Crippen LogP contribution in [0.2, 0.25) is 0 Å². The smallest absolute Gasteiger partial charge is 0.410 e. The van der Waals surface area contributed by atoms with Crippen LogP contribution in [0.3, 0.4) is 0 Å². The van der Waals surface area contributed by atoms with E-state index in [4.69, 9.17) is 4.74 Å². The van der Waals surface area contributed by atoms with E-state index >= 15 is 0 Å². The quantitative estimate of drug-likeness (QED) is 0.729. The Labute approximate surface area is 171 Å². The molecule has 28 heavy (non-hydrogen) atoms. The summed E-state index contributed by atoms with van der Waals surface area (Å²) in [6.07, 6.45) is 1.18. The van der Waals surface area contributed by atoms with Crippen LogP contribution in [0.15, 0.2) is 0 Å². The average molecular weight is 397 g/mol. The molecule has 162 valence electrons. The minimum absolute atomic E-state index is 0.0198. The van der Waals surface area contributed by atoms with Crippen molar-refractivity contribution in [3.05, 3.63) is 0 Å². The van der Waals surface area contributed by atoms with Crippen molar-refractivity contribution >= 4 is 12.0 Å². The Morgan fingerprint density at radius 3 is 2.00 bits per heavy atom. The van der Waals surface area contributed by atoms with Gasteiger partial charge >= 0.3 is 6.09 Å². The van der Waals surface area contributed by atoms with E-state index in [1.54, 1.807) is 4.90 Å². The first-order chi connectivity index (χ1) is 13.0. The van der Waals surface area contributed by atoms with Crippen molar-refractivity contribution < 1.29 is 14.3 Å². The van der Waals surface area contributed by atoms with Crippen LogP contribution in [0.4, 0.5) is 4.79 Å². The van der Waals surface area contributed by atoms with Gasteiger partial charge in [-0.3, -0.25) is 9.69 Å². The van der Waals surface area contributed by atoms with Gasteiger partial charge in [0.15, 0.2) is 0 Å². The van der Waals surface area contributed by atoms with E-state index in [9.17, 15) is 9.59 Å². The van der Waals surface area contributed by atoms with Gasteiger partial charge in [0.1, 0.15) is 5.60 Å². The number of hydrogen-bond acceptors (Lipinski definition) is 5. The molecule has 2 rings (SSSR count). The lowest BCUT2D eigenvalue weighted by molar-refractivity contribution is -0.141. The van der Waals surface area contributed by atoms with E-state index in [0.717, 1.165) is 39.0 Å². The number of nitrogens with zero attached hydrogens (tertiary/aromatic N) is 4. The molecule has 2 unspecified atom stereocenters. The molecule has 2 heterocycles. The van der Waals surface area contributed by atoms with Crippen LogP contribution in [0, 0.1) is 5.92 Å². The van der Waals surface area contributed by atoms with Crippen LogP contribution >= 0.6 is 0 Å². The third-order valence-corrected chi connectivity index (χ3v) is 5.71. The maximum atomic E-state index is 13.1. The summed E-state index contributed by atoms with van der Waals surface area (Å²) in [5, 5.41) is 0. The Hall–Kier alpha value is -1.34. The molecular weight excluding hydrogens is 356 g/mol. The van der Waals surface area contributed by atoms with E-state index in [2.05, 4.69) is 42.6 Å². The summed E-state index contributed by atoms with van der Waals surface area (Å²) >= 11 is 0. The lowest BCUT2D eigenvalue weighted by Gasteiger charge is -2.46. The number of hydrogen-bond donors (Lipinski definition) is 0. The fraction of sp³-hybridized carbons (Fsp3) is 0.905. The molecule has 7 heteroatoms. The highest BCUT2D eigenvalue weighted by Gasteiger charge is 2.36. The molecule has 2 fully saturated rings. The molecule has 7 nitrogen and oxygen atoms in total. The summed E-state index contributed by atoms with van der Waals surface area (Å²) < 4.78 is 5.45. The number of likely N-dealkylation sites (tertiary alicyclic amines) is 1. The fourth-order valence-corrected chi connectivity index (χ4v) is 4.19. The van der Waals surface area contributed by atoms with E-state index < -0.39 is 5.60 Å². The van der Waals surface area contributed by atoms with Crippen LogP contribution in [-0.4, -0.2) is 103 Å². The van der Waals surface area contributed by atoms with Gasteiger partial charge in [0.25, 0.3) is 0 Å². The zero-order valence-corrected chi connectivity index (χ0v) is 18.9. The van der Waals surface area contributed by atoms with Crippen molar-refractivity contribution in [1.82, 2.24) is 19.6 Å². The lowest BCUT2D eigenvalue weighted by atomic mass is 9.94. The second-order valence-electron chi connectivity index (χ2n) is 9.72. The predicted octanol–water partition coefficient (Wildman–Crippen LogP) is 2.12. The SMILES string of the molecule is CC1CN(C(=O)C2CCN(C(=O)OC(C)(C)C)CC2)CC(C)N1CCN(C)C. The van der Waals surface area contributed by atoms with Crippen LogP contribution in [0.1, 0.15) is 47.5 Å². The van der Waals surface area contributed by atoms with E-state index in [1.165, 1.54) is 0 Å². The largest absolute Gasteiger partial charge is 0.444 e. The highest BCUT2D eigenvalue weighted by Crippen LogP contribution is 2.24. The van der Waals surface area contributed by atoms with Gasteiger partial charge in [0.2, 0.25) is 5.91 Å².